The van der Waals surface area contributed by atoms with Crippen molar-refractivity contribution in [2.24, 2.45) is 10.9 Å². The number of hydrogen-bond donors (Lipinski definition) is 1. The average Bonchev–Trinajstić information content (AvgIpc) is 3.58. The van der Waals surface area contributed by atoms with Gasteiger partial charge in [0.05, 0.1) is 35.3 Å². The number of anilines is 1. The van der Waals surface area contributed by atoms with Gasteiger partial charge in [-0.1, -0.05) is 32.6 Å². The van der Waals surface area contributed by atoms with Crippen LogP contribution in [0.5, 0.6) is 0 Å². The summed E-state index contributed by atoms with van der Waals surface area (Å²) in [4.78, 5) is 15.1. The number of aromatic nitrogens is 4. The molecule has 2 aliphatic carbocycles. The molecule has 0 aromatic carbocycles. The first-order valence-electron chi connectivity index (χ1n) is 13.9. The van der Waals surface area contributed by atoms with Crippen LogP contribution in [0.2, 0.25) is 0 Å². The number of pyridine rings is 1. The van der Waals surface area contributed by atoms with Crippen LogP contribution in [0, 0.1) is 12.8 Å². The first kappa shape index (κ1) is 28.1. The largest absolute Gasteiger partial charge is 0.367 e. The molecule has 3 aromatic rings. The standard InChI is InChI=1S/C15H16N6.C9H15F2N.C5H10/c1-9(2)18-12-4-5-13(19-10(12)3)11-6-7-21-14(11)8-17-15(16)20-21;10-9(11)5-2-6-12(7-9)8-3-1-4-8;1-2-5-3-4-5/h4-8H,1-3H3,(H2,16,20);8H,1-7H2;5H,2-4H2,1H3. The molecule has 0 unspecified atom stereocenters. The number of piperidine rings is 1. The number of aryl methyl sites for hydroxylation is 1. The summed E-state index contributed by atoms with van der Waals surface area (Å²) in [5, 5.41) is 4.13. The topological polar surface area (TPSA) is 84.7 Å². The minimum Gasteiger partial charge on any atom is -0.367 e. The molecule has 0 amide bonds. The summed E-state index contributed by atoms with van der Waals surface area (Å²) in [5.41, 5.74) is 11.1. The molecule has 7 nitrogen and oxygen atoms in total. The molecule has 3 aliphatic rings. The SMILES string of the molecule is CC(C)=Nc1ccc(-c2ccn3nc(N)ncc23)nc1C.CCC1CC1.FC1(F)CCCN(C2CCC2)C1. The smallest absolute Gasteiger partial charge is 0.260 e. The van der Waals surface area contributed by atoms with Crippen molar-refractivity contribution in [1.82, 2.24) is 24.5 Å². The van der Waals surface area contributed by atoms with Gasteiger partial charge in [0.15, 0.2) is 0 Å². The molecule has 38 heavy (non-hydrogen) atoms. The van der Waals surface area contributed by atoms with Crippen molar-refractivity contribution in [2.45, 2.75) is 91.0 Å². The highest BCUT2D eigenvalue weighted by molar-refractivity contribution is 5.83. The van der Waals surface area contributed by atoms with E-state index in [9.17, 15) is 8.78 Å². The molecule has 2 saturated carbocycles. The number of halogens is 2. The molecule has 0 bridgehead atoms. The van der Waals surface area contributed by atoms with Crippen molar-refractivity contribution in [3.05, 3.63) is 36.3 Å². The predicted molar refractivity (Wildman–Crippen MR) is 150 cm³/mol. The summed E-state index contributed by atoms with van der Waals surface area (Å²) in [5.74, 6) is -1.03. The van der Waals surface area contributed by atoms with Gasteiger partial charge in [0, 0.05) is 29.9 Å². The Morgan fingerprint density at radius 2 is 1.89 bits per heavy atom. The van der Waals surface area contributed by atoms with Crippen molar-refractivity contribution in [3.8, 4) is 11.3 Å². The zero-order valence-electron chi connectivity index (χ0n) is 23.1. The Hall–Kier alpha value is -2.94. The van der Waals surface area contributed by atoms with Crippen molar-refractivity contribution >= 4 is 22.9 Å². The molecule has 206 valence electrons. The quantitative estimate of drug-likeness (QED) is 0.376. The molecular formula is C29H41F2N7. The molecule has 2 N–H and O–H groups in total. The Labute approximate surface area is 224 Å². The normalized spacial score (nSPS) is 19.0. The first-order chi connectivity index (χ1) is 18.1. The minimum atomic E-state index is -2.41. The zero-order valence-corrected chi connectivity index (χ0v) is 23.1. The number of hydrogen-bond acceptors (Lipinski definition) is 6. The number of nitrogens with two attached hydrogens (primary N) is 1. The highest BCUT2D eigenvalue weighted by atomic mass is 19.3. The summed E-state index contributed by atoms with van der Waals surface area (Å²) in [7, 11) is 0. The highest BCUT2D eigenvalue weighted by Crippen LogP contribution is 2.33. The molecule has 3 aromatic heterocycles. The van der Waals surface area contributed by atoms with Gasteiger partial charge in [0.25, 0.3) is 5.92 Å². The molecular weight excluding hydrogens is 484 g/mol. The maximum atomic E-state index is 12.9. The van der Waals surface area contributed by atoms with Crippen LogP contribution in [0.25, 0.3) is 16.8 Å². The second-order valence-corrected chi connectivity index (χ2v) is 10.9. The third-order valence-electron chi connectivity index (χ3n) is 7.40. The van der Waals surface area contributed by atoms with Crippen LogP contribution in [-0.2, 0) is 0 Å². The molecule has 4 heterocycles. The van der Waals surface area contributed by atoms with Crippen LogP contribution in [0.3, 0.4) is 0 Å². The van der Waals surface area contributed by atoms with E-state index >= 15 is 0 Å². The first-order valence-corrected chi connectivity index (χ1v) is 13.9. The Morgan fingerprint density at radius 3 is 2.45 bits per heavy atom. The van der Waals surface area contributed by atoms with Crippen molar-refractivity contribution in [3.63, 3.8) is 0 Å². The molecule has 3 fully saturated rings. The Morgan fingerprint density at radius 1 is 1.13 bits per heavy atom. The van der Waals surface area contributed by atoms with Crippen LogP contribution in [0.15, 0.2) is 35.6 Å². The van der Waals surface area contributed by atoms with Gasteiger partial charge in [-0.15, -0.1) is 5.10 Å². The number of nitrogen functional groups attached to an aromatic ring is 1. The number of alkyl halides is 2. The number of fused-ring (bicyclic) bond motifs is 1. The Kier molecular flexibility index (Phi) is 9.07. The fourth-order valence-corrected chi connectivity index (χ4v) is 4.78. The Balaban J connectivity index is 0.000000164. The minimum absolute atomic E-state index is 0.0116. The van der Waals surface area contributed by atoms with Crippen LogP contribution in [0.1, 0.15) is 77.8 Å². The molecule has 9 heteroatoms. The summed E-state index contributed by atoms with van der Waals surface area (Å²) in [6.45, 7) is 9.06. The molecule has 6 rings (SSSR count). The van der Waals surface area contributed by atoms with Gasteiger partial charge in [-0.05, 0) is 70.7 Å². The third kappa shape index (κ3) is 7.56. The molecule has 0 atom stereocenters. The maximum absolute atomic E-state index is 12.9. The van der Waals surface area contributed by atoms with E-state index in [1.807, 2.05) is 50.1 Å². The van der Waals surface area contributed by atoms with E-state index in [4.69, 9.17) is 5.73 Å². The van der Waals surface area contributed by atoms with Gasteiger partial charge < -0.3 is 5.73 Å². The average molecular weight is 526 g/mol. The van der Waals surface area contributed by atoms with E-state index in [-0.39, 0.29) is 18.9 Å². The predicted octanol–water partition coefficient (Wildman–Crippen LogP) is 6.87. The van der Waals surface area contributed by atoms with Crippen molar-refractivity contribution in [2.75, 3.05) is 18.8 Å². The third-order valence-corrected chi connectivity index (χ3v) is 7.40. The molecule has 1 aliphatic heterocycles. The van der Waals surface area contributed by atoms with Crippen LogP contribution >= 0.6 is 0 Å². The highest BCUT2D eigenvalue weighted by Gasteiger charge is 2.38. The van der Waals surface area contributed by atoms with Gasteiger partial charge in [-0.2, -0.15) is 0 Å². The second-order valence-electron chi connectivity index (χ2n) is 10.9. The summed E-state index contributed by atoms with van der Waals surface area (Å²) >= 11 is 0. The van der Waals surface area contributed by atoms with Crippen LogP contribution < -0.4 is 5.73 Å². The summed E-state index contributed by atoms with van der Waals surface area (Å²) < 4.78 is 27.6. The number of rotatable bonds is 4. The van der Waals surface area contributed by atoms with E-state index in [1.54, 1.807) is 10.7 Å². The lowest BCUT2D eigenvalue weighted by Gasteiger charge is -2.42. The summed E-state index contributed by atoms with van der Waals surface area (Å²) in [6, 6.07) is 6.38. The lowest BCUT2D eigenvalue weighted by Crippen LogP contribution is -2.50. The number of likely N-dealkylation sites (tertiary alicyclic amines) is 1. The van der Waals surface area contributed by atoms with E-state index in [1.165, 1.54) is 25.7 Å². The second kappa shape index (κ2) is 12.3. The monoisotopic (exact) mass is 525 g/mol. The van der Waals surface area contributed by atoms with Gasteiger partial charge in [0.2, 0.25) is 5.95 Å². The van der Waals surface area contributed by atoms with Gasteiger partial charge in [0.1, 0.15) is 0 Å². The molecule has 0 spiro atoms. The molecule has 1 saturated heterocycles. The fraction of sp³-hybridized carbons (Fsp3) is 0.586. The van der Waals surface area contributed by atoms with E-state index in [0.29, 0.717) is 12.5 Å². The van der Waals surface area contributed by atoms with E-state index in [2.05, 4.69) is 27.0 Å². The lowest BCUT2D eigenvalue weighted by atomic mass is 9.89. The van der Waals surface area contributed by atoms with E-state index < -0.39 is 5.92 Å². The molecule has 0 radical (unpaired) electrons. The van der Waals surface area contributed by atoms with Crippen LogP contribution in [-0.4, -0.2) is 55.2 Å². The van der Waals surface area contributed by atoms with Crippen molar-refractivity contribution in [1.29, 1.82) is 0 Å². The maximum Gasteiger partial charge on any atom is 0.260 e. The lowest BCUT2D eigenvalue weighted by molar-refractivity contribution is -0.0833. The van der Waals surface area contributed by atoms with Crippen molar-refractivity contribution < 1.29 is 8.78 Å². The zero-order chi connectivity index (χ0) is 27.3. The van der Waals surface area contributed by atoms with Gasteiger partial charge in [-0.3, -0.25) is 14.9 Å². The van der Waals surface area contributed by atoms with Gasteiger partial charge >= 0.3 is 0 Å². The number of nitrogens with zero attached hydrogens (tertiary/aromatic N) is 6. The van der Waals surface area contributed by atoms with Crippen LogP contribution in [0.4, 0.5) is 20.4 Å². The van der Waals surface area contributed by atoms with Gasteiger partial charge in [-0.25, -0.2) is 18.3 Å². The summed E-state index contributed by atoms with van der Waals surface area (Å²) in [6.07, 6.45) is 12.3. The fourth-order valence-electron chi connectivity index (χ4n) is 4.78. The Bertz CT molecular complexity index is 1240. The van der Waals surface area contributed by atoms with E-state index in [0.717, 1.165) is 59.2 Å². The number of aliphatic imine (C=N–C) groups is 1.